The van der Waals surface area contributed by atoms with Gasteiger partial charge in [-0.3, -0.25) is 4.79 Å². The molecule has 0 unspecified atom stereocenters. The standard InChI is InChI=1S/C13H14N2O4/c1-4-8-11(13(17)18)9(5-16)14-12(8)10-6(2)15-19-7(10)3/h5,14H,4H2,1-3H3,(H,17,18). The van der Waals surface area contributed by atoms with Crippen LogP contribution in [0.2, 0.25) is 0 Å². The van der Waals surface area contributed by atoms with Crippen LogP contribution in [-0.4, -0.2) is 27.5 Å². The minimum Gasteiger partial charge on any atom is -0.478 e. The number of rotatable bonds is 4. The zero-order chi connectivity index (χ0) is 14.2. The molecule has 2 N–H and O–H groups in total. The van der Waals surface area contributed by atoms with E-state index in [0.29, 0.717) is 41.0 Å². The predicted octanol–water partition coefficient (Wildman–Crippen LogP) is 2.36. The maximum atomic E-state index is 11.3. The van der Waals surface area contributed by atoms with Crippen molar-refractivity contribution in [1.82, 2.24) is 10.1 Å². The van der Waals surface area contributed by atoms with E-state index >= 15 is 0 Å². The number of hydrogen-bond donors (Lipinski definition) is 2. The van der Waals surface area contributed by atoms with Crippen molar-refractivity contribution < 1.29 is 19.2 Å². The number of aromatic amines is 1. The van der Waals surface area contributed by atoms with E-state index in [1.807, 2.05) is 6.92 Å². The van der Waals surface area contributed by atoms with Gasteiger partial charge in [0.15, 0.2) is 6.29 Å². The highest BCUT2D eigenvalue weighted by molar-refractivity contribution is 6.00. The third-order valence-corrected chi connectivity index (χ3v) is 3.10. The van der Waals surface area contributed by atoms with Crippen molar-refractivity contribution in [1.29, 1.82) is 0 Å². The molecule has 2 aromatic heterocycles. The van der Waals surface area contributed by atoms with E-state index in [4.69, 9.17) is 4.52 Å². The first kappa shape index (κ1) is 13.1. The lowest BCUT2D eigenvalue weighted by molar-refractivity contribution is 0.0693. The normalized spacial score (nSPS) is 10.7. The monoisotopic (exact) mass is 262 g/mol. The minimum absolute atomic E-state index is 0.0208. The third kappa shape index (κ3) is 1.95. The quantitative estimate of drug-likeness (QED) is 0.824. The van der Waals surface area contributed by atoms with E-state index in [1.165, 1.54) is 0 Å². The Hall–Kier alpha value is -2.37. The Kier molecular flexibility index (Phi) is 3.25. The van der Waals surface area contributed by atoms with Gasteiger partial charge in [0, 0.05) is 0 Å². The highest BCUT2D eigenvalue weighted by Gasteiger charge is 2.25. The summed E-state index contributed by atoms with van der Waals surface area (Å²) < 4.78 is 5.09. The van der Waals surface area contributed by atoms with Crippen molar-refractivity contribution in [3.8, 4) is 11.3 Å². The summed E-state index contributed by atoms with van der Waals surface area (Å²) in [5, 5.41) is 13.1. The number of hydrogen-bond acceptors (Lipinski definition) is 4. The molecule has 0 fully saturated rings. The molecule has 0 aliphatic heterocycles. The SMILES string of the molecule is CCc1c(-c2c(C)noc2C)[nH]c(C=O)c1C(=O)O. The summed E-state index contributed by atoms with van der Waals surface area (Å²) in [6.45, 7) is 5.36. The number of nitrogens with zero attached hydrogens (tertiary/aromatic N) is 1. The smallest absolute Gasteiger partial charge is 0.338 e. The number of aldehydes is 1. The van der Waals surface area contributed by atoms with Crippen LogP contribution in [0.3, 0.4) is 0 Å². The second kappa shape index (κ2) is 4.72. The van der Waals surface area contributed by atoms with E-state index in [1.54, 1.807) is 13.8 Å². The third-order valence-electron chi connectivity index (χ3n) is 3.10. The fourth-order valence-electron chi connectivity index (χ4n) is 2.30. The Morgan fingerprint density at radius 2 is 2.16 bits per heavy atom. The molecular weight excluding hydrogens is 248 g/mol. The molecule has 2 aromatic rings. The topological polar surface area (TPSA) is 96.2 Å². The molecule has 0 bridgehead atoms. The first-order valence-electron chi connectivity index (χ1n) is 5.87. The second-order valence-electron chi connectivity index (χ2n) is 4.24. The molecule has 0 amide bonds. The zero-order valence-electron chi connectivity index (χ0n) is 10.9. The van der Waals surface area contributed by atoms with Crippen molar-refractivity contribution in [2.75, 3.05) is 0 Å². The molecule has 100 valence electrons. The van der Waals surface area contributed by atoms with Crippen LogP contribution in [0.1, 0.15) is 44.8 Å². The summed E-state index contributed by atoms with van der Waals surface area (Å²) in [6, 6.07) is 0. The van der Waals surface area contributed by atoms with Crippen LogP contribution < -0.4 is 0 Å². The Morgan fingerprint density at radius 3 is 2.58 bits per heavy atom. The van der Waals surface area contributed by atoms with Gasteiger partial charge in [-0.1, -0.05) is 12.1 Å². The Labute approximate surface area is 109 Å². The number of H-pyrrole nitrogens is 1. The van der Waals surface area contributed by atoms with Crippen LogP contribution >= 0.6 is 0 Å². The molecule has 6 nitrogen and oxygen atoms in total. The summed E-state index contributed by atoms with van der Waals surface area (Å²) in [5.74, 6) is -0.531. The van der Waals surface area contributed by atoms with Gasteiger partial charge in [0.05, 0.1) is 28.2 Å². The van der Waals surface area contributed by atoms with Crippen LogP contribution in [0, 0.1) is 13.8 Å². The van der Waals surface area contributed by atoms with Gasteiger partial charge >= 0.3 is 5.97 Å². The van der Waals surface area contributed by atoms with Gasteiger partial charge in [-0.2, -0.15) is 0 Å². The summed E-state index contributed by atoms with van der Waals surface area (Å²) in [5.41, 5.74) is 2.64. The maximum absolute atomic E-state index is 11.3. The number of carbonyl (C=O) groups is 2. The molecular formula is C13H14N2O4. The lowest BCUT2D eigenvalue weighted by atomic mass is 10.0. The Bertz CT molecular complexity index is 632. The molecule has 19 heavy (non-hydrogen) atoms. The average Bonchev–Trinajstić information content (AvgIpc) is 2.89. The van der Waals surface area contributed by atoms with E-state index < -0.39 is 5.97 Å². The first-order chi connectivity index (χ1) is 9.01. The molecule has 0 saturated heterocycles. The van der Waals surface area contributed by atoms with Crippen LogP contribution in [0.15, 0.2) is 4.52 Å². The van der Waals surface area contributed by atoms with Gasteiger partial charge < -0.3 is 14.6 Å². The number of carboxylic acids is 1. The number of nitrogens with one attached hydrogen (secondary N) is 1. The fraction of sp³-hybridized carbons (Fsp3) is 0.308. The molecule has 0 saturated carbocycles. The summed E-state index contributed by atoms with van der Waals surface area (Å²) >= 11 is 0. The highest BCUT2D eigenvalue weighted by Crippen LogP contribution is 2.32. The second-order valence-corrected chi connectivity index (χ2v) is 4.24. The Balaban J connectivity index is 2.78. The molecule has 0 atom stereocenters. The lowest BCUT2D eigenvalue weighted by Gasteiger charge is -2.02. The van der Waals surface area contributed by atoms with E-state index in [0.717, 1.165) is 0 Å². The van der Waals surface area contributed by atoms with E-state index in [-0.39, 0.29) is 11.3 Å². The summed E-state index contributed by atoms with van der Waals surface area (Å²) in [4.78, 5) is 25.2. The van der Waals surface area contributed by atoms with Gasteiger partial charge in [-0.05, 0) is 25.8 Å². The predicted molar refractivity (Wildman–Crippen MR) is 67.5 cm³/mol. The Morgan fingerprint density at radius 1 is 1.47 bits per heavy atom. The number of aromatic carboxylic acids is 1. The molecule has 0 aliphatic rings. The van der Waals surface area contributed by atoms with Crippen LogP contribution in [-0.2, 0) is 6.42 Å². The van der Waals surface area contributed by atoms with E-state index in [9.17, 15) is 14.7 Å². The lowest BCUT2D eigenvalue weighted by Crippen LogP contribution is -2.02. The molecule has 6 heteroatoms. The summed E-state index contributed by atoms with van der Waals surface area (Å²) in [6.07, 6.45) is 1.01. The first-order valence-corrected chi connectivity index (χ1v) is 5.87. The van der Waals surface area contributed by atoms with Gasteiger partial charge in [-0.25, -0.2) is 4.79 Å². The molecule has 2 heterocycles. The van der Waals surface area contributed by atoms with E-state index in [2.05, 4.69) is 10.1 Å². The van der Waals surface area contributed by atoms with Crippen LogP contribution in [0.25, 0.3) is 11.3 Å². The van der Waals surface area contributed by atoms with Crippen molar-refractivity contribution >= 4 is 12.3 Å². The van der Waals surface area contributed by atoms with Gasteiger partial charge in [0.1, 0.15) is 5.76 Å². The van der Waals surface area contributed by atoms with Gasteiger partial charge in [0.2, 0.25) is 0 Å². The number of aryl methyl sites for hydroxylation is 2. The largest absolute Gasteiger partial charge is 0.478 e. The molecule has 0 aromatic carbocycles. The number of carbonyl (C=O) groups excluding carboxylic acids is 1. The van der Waals surface area contributed by atoms with Crippen LogP contribution in [0.5, 0.6) is 0 Å². The minimum atomic E-state index is -1.12. The molecule has 0 spiro atoms. The van der Waals surface area contributed by atoms with Crippen molar-refractivity contribution in [2.45, 2.75) is 27.2 Å². The van der Waals surface area contributed by atoms with Crippen molar-refractivity contribution in [3.63, 3.8) is 0 Å². The maximum Gasteiger partial charge on any atom is 0.338 e. The molecule has 2 rings (SSSR count). The van der Waals surface area contributed by atoms with Crippen molar-refractivity contribution in [2.24, 2.45) is 0 Å². The van der Waals surface area contributed by atoms with Gasteiger partial charge in [0.25, 0.3) is 0 Å². The summed E-state index contributed by atoms with van der Waals surface area (Å²) in [7, 11) is 0. The highest BCUT2D eigenvalue weighted by atomic mass is 16.5. The van der Waals surface area contributed by atoms with Crippen molar-refractivity contribution in [3.05, 3.63) is 28.3 Å². The fourth-order valence-corrected chi connectivity index (χ4v) is 2.30. The zero-order valence-corrected chi connectivity index (χ0v) is 10.9. The average molecular weight is 262 g/mol. The van der Waals surface area contributed by atoms with Gasteiger partial charge in [-0.15, -0.1) is 0 Å². The molecule has 0 radical (unpaired) electrons. The van der Waals surface area contributed by atoms with Crippen LogP contribution in [0.4, 0.5) is 0 Å². The number of carboxylic acid groups (broad SMARTS) is 1. The molecule has 0 aliphatic carbocycles. The number of aromatic nitrogens is 2.